The summed E-state index contributed by atoms with van der Waals surface area (Å²) in [5.74, 6) is -6.31. The van der Waals surface area contributed by atoms with E-state index in [4.69, 9.17) is 9.47 Å². The monoisotopic (exact) mass is 321 g/mol. The Balaban J connectivity index is 3.47. The average molecular weight is 321 g/mol. The Kier molecular flexibility index (Phi) is 6.44. The first-order chi connectivity index (χ1) is 10.4. The van der Waals surface area contributed by atoms with Gasteiger partial charge in [-0.25, -0.2) is 18.0 Å². The zero-order valence-electron chi connectivity index (χ0n) is 12.1. The smallest absolute Gasteiger partial charge is 0.339 e. The summed E-state index contributed by atoms with van der Waals surface area (Å²) >= 11 is 0. The summed E-state index contributed by atoms with van der Waals surface area (Å²) < 4.78 is 55.4. The normalized spacial score (nSPS) is 12.3. The zero-order chi connectivity index (χ0) is 16.9. The molecule has 0 spiro atoms. The van der Waals surface area contributed by atoms with Crippen LogP contribution >= 0.6 is 0 Å². The van der Waals surface area contributed by atoms with Crippen molar-refractivity contribution in [2.45, 2.75) is 19.3 Å². The molecule has 0 aromatic heterocycles. The second-order valence-electron chi connectivity index (χ2n) is 4.06. The van der Waals surface area contributed by atoms with Crippen LogP contribution in [-0.4, -0.2) is 26.8 Å². The van der Waals surface area contributed by atoms with E-state index in [2.05, 4.69) is 9.91 Å². The van der Waals surface area contributed by atoms with Gasteiger partial charge in [0.25, 0.3) is 0 Å². The minimum Gasteiger partial charge on any atom is -0.464 e. The van der Waals surface area contributed by atoms with Gasteiger partial charge < -0.3 is 14.2 Å². The number of nitrogens with zero attached hydrogens (tertiary/aromatic N) is 1. The van der Waals surface area contributed by atoms with Gasteiger partial charge >= 0.3 is 5.97 Å². The van der Waals surface area contributed by atoms with Crippen molar-refractivity contribution in [1.29, 1.82) is 0 Å². The maximum Gasteiger partial charge on any atom is 0.339 e. The van der Waals surface area contributed by atoms with Crippen molar-refractivity contribution >= 4 is 5.97 Å². The SMILES string of the molecule is CCOC(=O)C(N=O)c1cc(C(OC)OC)c(F)c(F)c1F. The fourth-order valence-electron chi connectivity index (χ4n) is 1.81. The number of rotatable bonds is 7. The molecule has 122 valence electrons. The lowest BCUT2D eigenvalue weighted by atomic mass is 10.0. The van der Waals surface area contributed by atoms with Crippen LogP contribution < -0.4 is 0 Å². The second kappa shape index (κ2) is 7.85. The molecule has 0 saturated carbocycles. The van der Waals surface area contributed by atoms with Crippen molar-refractivity contribution in [3.63, 3.8) is 0 Å². The molecule has 9 heteroatoms. The summed E-state index contributed by atoms with van der Waals surface area (Å²) in [5.41, 5.74) is -1.28. The molecule has 0 aliphatic rings. The summed E-state index contributed by atoms with van der Waals surface area (Å²) in [6, 6.07) is -1.22. The maximum atomic E-state index is 13.8. The fourth-order valence-corrected chi connectivity index (χ4v) is 1.81. The van der Waals surface area contributed by atoms with Crippen LogP contribution in [0.5, 0.6) is 0 Å². The highest BCUT2D eigenvalue weighted by molar-refractivity contribution is 5.78. The Labute approximate surface area is 124 Å². The lowest BCUT2D eigenvalue weighted by Crippen LogP contribution is -2.18. The zero-order valence-corrected chi connectivity index (χ0v) is 12.1. The molecule has 0 bridgehead atoms. The van der Waals surface area contributed by atoms with Crippen LogP contribution in [0.1, 0.15) is 30.4 Å². The molecule has 1 aromatic carbocycles. The van der Waals surface area contributed by atoms with Gasteiger partial charge in [0, 0.05) is 25.3 Å². The molecule has 0 saturated heterocycles. The maximum absolute atomic E-state index is 13.8. The van der Waals surface area contributed by atoms with E-state index in [1.165, 1.54) is 6.92 Å². The summed E-state index contributed by atoms with van der Waals surface area (Å²) in [6.07, 6.45) is -1.36. The number of carbonyl (C=O) groups excluding carboxylic acids is 1. The Bertz CT molecular complexity index is 563. The molecule has 0 N–H and O–H groups in total. The lowest BCUT2D eigenvalue weighted by molar-refractivity contribution is -0.144. The number of benzene rings is 1. The van der Waals surface area contributed by atoms with E-state index in [1.807, 2.05) is 0 Å². The standard InChI is InChI=1S/C13H14F3NO5/c1-4-22-12(18)11(17-19)6-5-7(13(20-2)21-3)9(15)10(16)8(6)14/h5,11,13H,4H2,1-3H3. The molecule has 22 heavy (non-hydrogen) atoms. The number of methoxy groups -OCH3 is 2. The molecule has 0 fully saturated rings. The molecular weight excluding hydrogens is 307 g/mol. The van der Waals surface area contributed by atoms with E-state index >= 15 is 0 Å². The van der Waals surface area contributed by atoms with Gasteiger partial charge in [0.1, 0.15) is 0 Å². The van der Waals surface area contributed by atoms with Crippen molar-refractivity contribution < 1.29 is 32.2 Å². The summed E-state index contributed by atoms with van der Waals surface area (Å²) in [7, 11) is 2.30. The molecule has 0 radical (unpaired) electrons. The van der Waals surface area contributed by atoms with Crippen LogP contribution in [0.25, 0.3) is 0 Å². The summed E-state index contributed by atoms with van der Waals surface area (Å²) in [4.78, 5) is 22.4. The number of hydrogen-bond donors (Lipinski definition) is 0. The highest BCUT2D eigenvalue weighted by atomic mass is 19.2. The van der Waals surface area contributed by atoms with Crippen LogP contribution in [0.3, 0.4) is 0 Å². The highest BCUT2D eigenvalue weighted by Crippen LogP contribution is 2.31. The Hall–Kier alpha value is -2.00. The highest BCUT2D eigenvalue weighted by Gasteiger charge is 2.32. The van der Waals surface area contributed by atoms with Crippen LogP contribution in [-0.2, 0) is 19.0 Å². The van der Waals surface area contributed by atoms with Gasteiger partial charge in [-0.1, -0.05) is 0 Å². The molecule has 0 aliphatic heterocycles. The van der Waals surface area contributed by atoms with Gasteiger partial charge in [-0.3, -0.25) is 0 Å². The van der Waals surface area contributed by atoms with Gasteiger partial charge in [-0.15, -0.1) is 4.91 Å². The molecular formula is C13H14F3NO5. The summed E-state index contributed by atoms with van der Waals surface area (Å²) in [5, 5.41) is 2.43. The number of halogens is 3. The molecule has 1 rings (SSSR count). The predicted molar refractivity (Wildman–Crippen MR) is 68.2 cm³/mol. The molecule has 1 aromatic rings. The van der Waals surface area contributed by atoms with E-state index in [0.29, 0.717) is 0 Å². The third-order valence-electron chi connectivity index (χ3n) is 2.80. The first kappa shape index (κ1) is 18.1. The average Bonchev–Trinajstić information content (AvgIpc) is 2.51. The second-order valence-corrected chi connectivity index (χ2v) is 4.06. The van der Waals surface area contributed by atoms with Crippen molar-refractivity contribution in [2.75, 3.05) is 20.8 Å². The van der Waals surface area contributed by atoms with Gasteiger partial charge in [-0.2, -0.15) is 0 Å². The summed E-state index contributed by atoms with van der Waals surface area (Å²) in [6.45, 7) is 1.36. The van der Waals surface area contributed by atoms with Gasteiger partial charge in [0.15, 0.2) is 23.7 Å². The van der Waals surface area contributed by atoms with Gasteiger partial charge in [0.05, 0.1) is 6.61 Å². The van der Waals surface area contributed by atoms with E-state index in [1.54, 1.807) is 0 Å². The first-order valence-electron chi connectivity index (χ1n) is 6.14. The van der Waals surface area contributed by atoms with Crippen molar-refractivity contribution in [3.8, 4) is 0 Å². The Morgan fingerprint density at radius 1 is 1.14 bits per heavy atom. The van der Waals surface area contributed by atoms with E-state index < -0.39 is 46.9 Å². The van der Waals surface area contributed by atoms with Crippen molar-refractivity contribution in [1.82, 2.24) is 0 Å². The number of ether oxygens (including phenoxy) is 3. The van der Waals surface area contributed by atoms with Gasteiger partial charge in [0.2, 0.25) is 6.04 Å². The lowest BCUT2D eigenvalue weighted by Gasteiger charge is -2.18. The minimum atomic E-state index is -1.97. The minimum absolute atomic E-state index is 0.0955. The molecule has 0 amide bonds. The van der Waals surface area contributed by atoms with Crippen LogP contribution in [0.4, 0.5) is 13.2 Å². The molecule has 1 unspecified atom stereocenters. The fraction of sp³-hybridized carbons (Fsp3) is 0.462. The predicted octanol–water partition coefficient (Wildman–Crippen LogP) is 2.77. The van der Waals surface area contributed by atoms with Crippen LogP contribution in [0.2, 0.25) is 0 Å². The molecule has 0 aliphatic carbocycles. The van der Waals surface area contributed by atoms with Crippen LogP contribution in [0.15, 0.2) is 11.2 Å². The Morgan fingerprint density at radius 3 is 2.14 bits per heavy atom. The van der Waals surface area contributed by atoms with Crippen molar-refractivity contribution in [2.24, 2.45) is 5.18 Å². The van der Waals surface area contributed by atoms with Gasteiger partial charge in [-0.05, 0) is 18.2 Å². The number of carbonyl (C=O) groups is 1. The molecule has 1 atom stereocenters. The van der Waals surface area contributed by atoms with E-state index in [9.17, 15) is 22.9 Å². The van der Waals surface area contributed by atoms with Crippen molar-refractivity contribution in [3.05, 3.63) is 39.6 Å². The molecule has 0 heterocycles. The third-order valence-corrected chi connectivity index (χ3v) is 2.80. The number of hydrogen-bond acceptors (Lipinski definition) is 6. The largest absolute Gasteiger partial charge is 0.464 e. The topological polar surface area (TPSA) is 74.2 Å². The Morgan fingerprint density at radius 2 is 1.68 bits per heavy atom. The van der Waals surface area contributed by atoms with E-state index in [0.717, 1.165) is 20.3 Å². The number of esters is 1. The first-order valence-corrected chi connectivity index (χ1v) is 6.14. The van der Waals surface area contributed by atoms with Crippen LogP contribution in [0, 0.1) is 22.4 Å². The number of nitroso groups, excluding NO2 is 1. The third kappa shape index (κ3) is 3.42. The molecule has 6 nitrogen and oxygen atoms in total. The quantitative estimate of drug-likeness (QED) is 0.334. The van der Waals surface area contributed by atoms with E-state index in [-0.39, 0.29) is 6.61 Å².